The summed E-state index contributed by atoms with van der Waals surface area (Å²) >= 11 is 0. The van der Waals surface area contributed by atoms with Gasteiger partial charge < -0.3 is 10.6 Å². The van der Waals surface area contributed by atoms with Crippen LogP contribution in [0.4, 0.5) is 8.78 Å². The highest BCUT2D eigenvalue weighted by atomic mass is 19.3. The lowest BCUT2D eigenvalue weighted by Crippen LogP contribution is -2.68. The van der Waals surface area contributed by atoms with Gasteiger partial charge in [-0.2, -0.15) is 5.21 Å². The van der Waals surface area contributed by atoms with E-state index >= 15 is 0 Å². The lowest BCUT2D eigenvalue weighted by Gasteiger charge is -2.36. The van der Waals surface area contributed by atoms with Gasteiger partial charge in [0.25, 0.3) is 18.2 Å². The summed E-state index contributed by atoms with van der Waals surface area (Å²) in [6.45, 7) is 1.85. The fourth-order valence-electron chi connectivity index (χ4n) is 2.45. The topological polar surface area (TPSA) is 162 Å². The molecule has 0 aliphatic carbocycles. The molecule has 30 heavy (non-hydrogen) atoms. The normalized spacial score (nSPS) is 13.4. The smallest absolute Gasteiger partial charge is 0.268 e. The van der Waals surface area contributed by atoms with E-state index in [1.165, 1.54) is 29.7 Å². The summed E-state index contributed by atoms with van der Waals surface area (Å²) in [5.74, 6) is 2.45. The molecule has 11 nitrogen and oxygen atoms in total. The molecule has 0 spiro atoms. The third-order valence-corrected chi connectivity index (χ3v) is 3.96. The molecule has 2 rings (SSSR count). The maximum absolute atomic E-state index is 13.6. The van der Waals surface area contributed by atoms with E-state index in [2.05, 4.69) is 37.8 Å². The van der Waals surface area contributed by atoms with Crippen molar-refractivity contribution in [2.45, 2.75) is 31.9 Å². The number of aromatic nitrogens is 4. The quantitative estimate of drug-likeness (QED) is 0.235. The molecule has 1 aromatic heterocycles. The van der Waals surface area contributed by atoms with Gasteiger partial charge in [-0.1, -0.05) is 11.0 Å². The van der Waals surface area contributed by atoms with Crippen molar-refractivity contribution in [2.24, 2.45) is 0 Å². The molecule has 0 bridgehead atoms. The summed E-state index contributed by atoms with van der Waals surface area (Å²) in [6, 6.07) is 3.67. The number of nitrogens with one attached hydrogen (secondary N) is 4. The molecule has 5 N–H and O–H groups in total. The van der Waals surface area contributed by atoms with Crippen molar-refractivity contribution in [3.8, 4) is 11.8 Å². The summed E-state index contributed by atoms with van der Waals surface area (Å²) < 4.78 is 27.3. The number of tetrazole rings is 1. The Labute approximate surface area is 168 Å². The van der Waals surface area contributed by atoms with Crippen molar-refractivity contribution >= 4 is 17.7 Å². The molecular formula is C17H17F2N7O4. The van der Waals surface area contributed by atoms with Crippen molar-refractivity contribution in [1.29, 1.82) is 0 Å². The largest absolute Gasteiger partial charge is 0.343 e. The highest BCUT2D eigenvalue weighted by Crippen LogP contribution is 2.21. The van der Waals surface area contributed by atoms with Crippen LogP contribution in [-0.2, 0) is 9.59 Å². The number of nitrogens with zero attached hydrogens (tertiary/aromatic N) is 3. The van der Waals surface area contributed by atoms with Crippen LogP contribution in [0.5, 0.6) is 0 Å². The Balaban J connectivity index is 2.22. The van der Waals surface area contributed by atoms with E-state index in [1.807, 2.05) is 5.32 Å². The number of rotatable bonds is 6. The summed E-state index contributed by atoms with van der Waals surface area (Å²) in [5, 5.41) is 25.9. The van der Waals surface area contributed by atoms with Gasteiger partial charge in [0, 0.05) is 18.1 Å². The molecule has 0 saturated heterocycles. The van der Waals surface area contributed by atoms with Crippen molar-refractivity contribution in [2.75, 3.05) is 0 Å². The van der Waals surface area contributed by atoms with Crippen LogP contribution in [0.1, 0.15) is 35.6 Å². The lowest BCUT2D eigenvalue weighted by atomic mass is 9.91. The van der Waals surface area contributed by atoms with E-state index in [9.17, 15) is 23.2 Å². The Morgan fingerprint density at radius 1 is 1.20 bits per heavy atom. The average Bonchev–Trinajstić information content (AvgIpc) is 3.23. The second kappa shape index (κ2) is 9.52. The zero-order valence-corrected chi connectivity index (χ0v) is 15.7. The minimum absolute atomic E-state index is 0.0234. The van der Waals surface area contributed by atoms with Gasteiger partial charge in [-0.25, -0.2) is 14.3 Å². The van der Waals surface area contributed by atoms with Gasteiger partial charge in [-0.3, -0.25) is 19.6 Å². The summed E-state index contributed by atoms with van der Waals surface area (Å²) in [6.07, 6.45) is -3.24. The van der Waals surface area contributed by atoms with E-state index in [4.69, 9.17) is 5.21 Å². The molecule has 2 aromatic rings. The predicted octanol–water partition coefficient (Wildman–Crippen LogP) is -0.637. The third kappa shape index (κ3) is 5.32. The van der Waals surface area contributed by atoms with E-state index in [0.717, 1.165) is 13.8 Å². The Morgan fingerprint density at radius 2 is 1.87 bits per heavy atom. The molecule has 0 radical (unpaired) electrons. The Bertz CT molecular complexity index is 970. The Morgan fingerprint density at radius 3 is 2.37 bits per heavy atom. The molecule has 1 aromatic carbocycles. The minimum atomic E-state index is -3.24. The van der Waals surface area contributed by atoms with Crippen LogP contribution in [0, 0.1) is 11.8 Å². The Hall–Kier alpha value is -3.92. The number of H-pyrrole nitrogens is 1. The van der Waals surface area contributed by atoms with Crippen molar-refractivity contribution in [3.63, 3.8) is 0 Å². The molecule has 1 unspecified atom stereocenters. The number of benzene rings is 1. The van der Waals surface area contributed by atoms with Gasteiger partial charge >= 0.3 is 0 Å². The van der Waals surface area contributed by atoms with E-state index in [-0.39, 0.29) is 11.4 Å². The first-order valence-corrected chi connectivity index (χ1v) is 8.34. The molecule has 0 aliphatic heterocycles. The first-order valence-electron chi connectivity index (χ1n) is 8.34. The number of hydroxylamine groups is 1. The zero-order valence-electron chi connectivity index (χ0n) is 15.7. The van der Waals surface area contributed by atoms with E-state index in [1.54, 1.807) is 0 Å². The maximum Gasteiger partial charge on any atom is 0.268 e. The first kappa shape index (κ1) is 22.4. The number of hydrogen-bond donors (Lipinski definition) is 5. The minimum Gasteiger partial charge on any atom is -0.343 e. The van der Waals surface area contributed by atoms with Gasteiger partial charge in [-0.15, -0.1) is 5.10 Å². The van der Waals surface area contributed by atoms with Gasteiger partial charge in [0.05, 0.1) is 0 Å². The lowest BCUT2D eigenvalue weighted by molar-refractivity contribution is -0.137. The molecule has 0 saturated carbocycles. The van der Waals surface area contributed by atoms with Crippen molar-refractivity contribution < 1.29 is 28.4 Å². The number of amides is 3. The molecule has 158 valence electrons. The predicted molar refractivity (Wildman–Crippen MR) is 96.0 cm³/mol. The second-order valence-corrected chi connectivity index (χ2v) is 6.21. The highest BCUT2D eigenvalue weighted by Gasteiger charge is 2.48. The second-order valence-electron chi connectivity index (χ2n) is 6.21. The Kier molecular flexibility index (Phi) is 7.10. The van der Waals surface area contributed by atoms with Gasteiger partial charge in [0.2, 0.25) is 11.7 Å². The molecular weight excluding hydrogens is 404 g/mol. The van der Waals surface area contributed by atoms with Crippen LogP contribution in [0.15, 0.2) is 24.3 Å². The monoisotopic (exact) mass is 421 g/mol. The highest BCUT2D eigenvalue weighted by molar-refractivity contribution is 5.98. The van der Waals surface area contributed by atoms with Crippen molar-refractivity contribution in [3.05, 3.63) is 41.2 Å². The molecule has 0 fully saturated rings. The standard InChI is InChI=1S/C17H17F2N7O4/c1-9(27)21-17(2,16(18)19)13(15(29)24-30)20-14(28)11-6-3-10(4-7-11)5-8-12-22-25-26-23-12/h3-4,6-7,13,16,30H,1-2H3,(H,20,28)(H,21,27)(H,24,29)(H,22,23,25,26)/t13-,17?/m1/s1. The average molecular weight is 421 g/mol. The number of aromatic amines is 1. The van der Waals surface area contributed by atoms with Gasteiger partial charge in [0.1, 0.15) is 11.6 Å². The SMILES string of the molecule is CC(=O)NC(C)(C(F)F)[C@H](NC(=O)c1ccc(C#Cc2nn[nH]n2)cc1)C(=O)NO. The molecule has 1 heterocycles. The van der Waals surface area contributed by atoms with Crippen LogP contribution >= 0.6 is 0 Å². The molecule has 0 aliphatic rings. The molecule has 13 heteroatoms. The fourth-order valence-corrected chi connectivity index (χ4v) is 2.45. The molecule has 2 atom stereocenters. The van der Waals surface area contributed by atoms with E-state index in [0.29, 0.717) is 5.56 Å². The summed E-state index contributed by atoms with van der Waals surface area (Å²) in [5.41, 5.74) is -0.743. The molecule has 3 amide bonds. The summed E-state index contributed by atoms with van der Waals surface area (Å²) in [7, 11) is 0. The van der Waals surface area contributed by atoms with Crippen LogP contribution in [0.3, 0.4) is 0 Å². The number of carbonyl (C=O) groups is 3. The number of halogens is 2. The zero-order chi connectivity index (χ0) is 22.3. The summed E-state index contributed by atoms with van der Waals surface area (Å²) in [4.78, 5) is 35.8. The van der Waals surface area contributed by atoms with Crippen LogP contribution in [0.25, 0.3) is 0 Å². The maximum atomic E-state index is 13.6. The van der Waals surface area contributed by atoms with Crippen LogP contribution in [0.2, 0.25) is 0 Å². The number of carbonyl (C=O) groups excluding carboxylic acids is 3. The van der Waals surface area contributed by atoms with E-state index < -0.39 is 35.7 Å². The first-order chi connectivity index (χ1) is 14.2. The van der Waals surface area contributed by atoms with Gasteiger partial charge in [-0.05, 0) is 42.3 Å². The number of alkyl halides is 2. The number of hydrogen-bond acceptors (Lipinski definition) is 7. The van der Waals surface area contributed by atoms with Gasteiger partial charge in [0.15, 0.2) is 0 Å². The van der Waals surface area contributed by atoms with Crippen LogP contribution < -0.4 is 16.1 Å². The van der Waals surface area contributed by atoms with Crippen molar-refractivity contribution in [1.82, 2.24) is 36.7 Å². The fraction of sp³-hybridized carbons (Fsp3) is 0.294. The third-order valence-electron chi connectivity index (χ3n) is 3.96. The van der Waals surface area contributed by atoms with Crippen LogP contribution in [-0.4, -0.2) is 61.6 Å².